The Bertz CT molecular complexity index is 1610. The van der Waals surface area contributed by atoms with Crippen LogP contribution in [0.4, 0.5) is 8.78 Å². The van der Waals surface area contributed by atoms with Gasteiger partial charge in [0.1, 0.15) is 18.2 Å². The summed E-state index contributed by atoms with van der Waals surface area (Å²) in [5, 5.41) is 14.6. The number of H-pyrrole nitrogens is 1. The van der Waals surface area contributed by atoms with E-state index in [9.17, 15) is 8.78 Å². The van der Waals surface area contributed by atoms with Crippen molar-refractivity contribution in [2.24, 2.45) is 0 Å². The van der Waals surface area contributed by atoms with E-state index in [1.165, 1.54) is 0 Å². The molecule has 0 saturated heterocycles. The second kappa shape index (κ2) is 10.1. The van der Waals surface area contributed by atoms with Crippen molar-refractivity contribution in [2.75, 3.05) is 5.75 Å². The lowest BCUT2D eigenvalue weighted by Crippen LogP contribution is -2.03. The fourth-order valence-electron chi connectivity index (χ4n) is 4.28. The van der Waals surface area contributed by atoms with Gasteiger partial charge in [-0.05, 0) is 58.0 Å². The highest BCUT2D eigenvalue weighted by molar-refractivity contribution is 7.99. The third-order valence-corrected chi connectivity index (χ3v) is 7.38. The van der Waals surface area contributed by atoms with Crippen molar-refractivity contribution in [1.29, 1.82) is 0 Å². The zero-order chi connectivity index (χ0) is 25.2. The van der Waals surface area contributed by atoms with Gasteiger partial charge in [0.05, 0.1) is 22.2 Å². The lowest BCUT2D eigenvalue weighted by Gasteiger charge is -2.18. The Morgan fingerprint density at radius 2 is 1.95 bits per heavy atom. The maximum atomic E-state index is 13.7. The molecule has 0 amide bonds. The molecule has 1 atom stereocenters. The number of pyridine rings is 2. The van der Waals surface area contributed by atoms with Gasteiger partial charge in [-0.25, -0.2) is 18.9 Å². The van der Waals surface area contributed by atoms with Crippen LogP contribution < -0.4 is 4.74 Å². The van der Waals surface area contributed by atoms with E-state index in [0.717, 1.165) is 51.8 Å². The summed E-state index contributed by atoms with van der Waals surface area (Å²) in [7, 11) is 0. The van der Waals surface area contributed by atoms with Gasteiger partial charge >= 0.3 is 0 Å². The Morgan fingerprint density at radius 1 is 1.03 bits per heavy atom. The van der Waals surface area contributed by atoms with Gasteiger partial charge in [-0.3, -0.25) is 4.98 Å². The summed E-state index contributed by atoms with van der Waals surface area (Å²) in [6.45, 7) is 0.402. The Kier molecular flexibility index (Phi) is 6.32. The molecule has 1 unspecified atom stereocenters. The van der Waals surface area contributed by atoms with E-state index in [1.807, 2.05) is 30.4 Å². The summed E-state index contributed by atoms with van der Waals surface area (Å²) in [5.74, 6) is 0.561. The number of fused-ring (bicyclic) bond motifs is 3. The summed E-state index contributed by atoms with van der Waals surface area (Å²) in [6.07, 6.45) is 6.29. The van der Waals surface area contributed by atoms with Crippen LogP contribution in [-0.4, -0.2) is 36.3 Å². The summed E-state index contributed by atoms with van der Waals surface area (Å²) < 4.78 is 33.3. The Hall–Kier alpha value is -4.18. The molecule has 6 rings (SSSR count). The number of thioether (sulfide) groups is 1. The fourth-order valence-corrected chi connectivity index (χ4v) is 5.58. The first-order valence-corrected chi connectivity index (χ1v) is 12.7. The smallest absolute Gasteiger partial charge is 0.161 e. The van der Waals surface area contributed by atoms with Crippen LogP contribution in [0.15, 0.2) is 60.8 Å². The standard InChI is InChI=1S/C27H20F2N6OS/c28-21-13-17-5-7-18(31-23(17)14-22(21)29)6-3-16-4-8-25-20(12-16)27(37-11-9-26-32-34-35-33-26)19-2-1-10-30-24(19)15-36-25/h1-8,10,12-14,27H,9,11,15H2,(H,32,33,34,35)/b6-3+. The highest BCUT2D eigenvalue weighted by Crippen LogP contribution is 2.44. The molecule has 0 bridgehead atoms. The highest BCUT2D eigenvalue weighted by Gasteiger charge is 2.26. The van der Waals surface area contributed by atoms with Crippen molar-refractivity contribution in [2.45, 2.75) is 18.3 Å². The summed E-state index contributed by atoms with van der Waals surface area (Å²) in [5.41, 5.74) is 5.10. The summed E-state index contributed by atoms with van der Waals surface area (Å²) in [6, 6.07) is 15.9. The van der Waals surface area contributed by atoms with Gasteiger partial charge in [-0.1, -0.05) is 24.3 Å². The maximum Gasteiger partial charge on any atom is 0.161 e. The molecule has 4 heterocycles. The second-order valence-corrected chi connectivity index (χ2v) is 9.72. The lowest BCUT2D eigenvalue weighted by atomic mass is 10.0. The average Bonchev–Trinajstić information content (AvgIpc) is 3.38. The van der Waals surface area contributed by atoms with E-state index in [4.69, 9.17) is 4.74 Å². The van der Waals surface area contributed by atoms with E-state index >= 15 is 0 Å². The molecule has 37 heavy (non-hydrogen) atoms. The monoisotopic (exact) mass is 514 g/mol. The first-order chi connectivity index (χ1) is 18.1. The molecule has 7 nitrogen and oxygen atoms in total. The Labute approximate surface area is 215 Å². The van der Waals surface area contributed by atoms with Crippen molar-refractivity contribution in [1.82, 2.24) is 30.6 Å². The third-order valence-electron chi connectivity index (χ3n) is 6.10. The molecule has 0 fully saturated rings. The van der Waals surface area contributed by atoms with Crippen LogP contribution in [0.2, 0.25) is 0 Å². The highest BCUT2D eigenvalue weighted by atomic mass is 32.2. The first-order valence-electron chi connectivity index (χ1n) is 11.6. The Morgan fingerprint density at radius 3 is 2.84 bits per heavy atom. The molecule has 1 aliphatic heterocycles. The van der Waals surface area contributed by atoms with Crippen LogP contribution in [-0.2, 0) is 13.0 Å². The molecule has 0 aliphatic carbocycles. The van der Waals surface area contributed by atoms with E-state index in [0.29, 0.717) is 29.6 Å². The minimum Gasteiger partial charge on any atom is -0.487 e. The number of nitrogens with one attached hydrogen (secondary N) is 1. The molecular weight excluding hydrogens is 494 g/mol. The van der Waals surface area contributed by atoms with Crippen LogP contribution in [0.5, 0.6) is 5.75 Å². The molecule has 10 heteroatoms. The number of aromatic amines is 1. The van der Waals surface area contributed by atoms with E-state index in [-0.39, 0.29) is 5.25 Å². The van der Waals surface area contributed by atoms with Crippen LogP contribution in [0.1, 0.15) is 39.2 Å². The number of benzene rings is 2. The molecular formula is C27H20F2N6OS. The first kappa shape index (κ1) is 23.2. The molecule has 0 saturated carbocycles. The summed E-state index contributed by atoms with van der Waals surface area (Å²) >= 11 is 1.78. The van der Waals surface area contributed by atoms with Gasteiger partial charge in [0, 0.05) is 35.4 Å². The maximum absolute atomic E-state index is 13.7. The summed E-state index contributed by atoms with van der Waals surface area (Å²) in [4.78, 5) is 9.01. The molecule has 1 aliphatic rings. The van der Waals surface area contributed by atoms with Gasteiger partial charge in [0.15, 0.2) is 11.6 Å². The molecule has 5 aromatic rings. The molecule has 184 valence electrons. The molecule has 2 aromatic carbocycles. The van der Waals surface area contributed by atoms with E-state index in [2.05, 4.69) is 42.7 Å². The minimum absolute atomic E-state index is 0.0158. The number of hydrogen-bond acceptors (Lipinski definition) is 7. The van der Waals surface area contributed by atoms with Gasteiger partial charge in [-0.15, -0.1) is 16.9 Å². The number of aromatic nitrogens is 6. The third kappa shape index (κ3) is 4.92. The Balaban J connectivity index is 1.30. The number of hydrogen-bond donors (Lipinski definition) is 1. The molecule has 0 spiro atoms. The average molecular weight is 515 g/mol. The van der Waals surface area contributed by atoms with Crippen molar-refractivity contribution >= 4 is 34.8 Å². The van der Waals surface area contributed by atoms with Gasteiger partial charge in [-0.2, -0.15) is 0 Å². The largest absolute Gasteiger partial charge is 0.487 e. The van der Waals surface area contributed by atoms with E-state index in [1.54, 1.807) is 30.1 Å². The zero-order valence-corrected chi connectivity index (χ0v) is 20.3. The number of halogens is 2. The number of tetrazole rings is 1. The number of rotatable bonds is 6. The quantitative estimate of drug-likeness (QED) is 0.318. The van der Waals surface area contributed by atoms with Crippen LogP contribution in [0.25, 0.3) is 23.1 Å². The SMILES string of the molecule is Fc1cc2ccc(/C=C/c3ccc4c(c3)C(SCCc3nnn[nH]3)c3cccnc3CO4)nc2cc1F. The second-order valence-electron chi connectivity index (χ2n) is 8.50. The van der Waals surface area contributed by atoms with Crippen LogP contribution in [0.3, 0.4) is 0 Å². The predicted molar refractivity (Wildman–Crippen MR) is 138 cm³/mol. The molecule has 3 aromatic heterocycles. The van der Waals surface area contributed by atoms with Gasteiger partial charge < -0.3 is 4.74 Å². The van der Waals surface area contributed by atoms with Crippen LogP contribution >= 0.6 is 11.8 Å². The minimum atomic E-state index is -0.912. The number of nitrogens with zero attached hydrogens (tertiary/aromatic N) is 5. The van der Waals surface area contributed by atoms with Crippen molar-refractivity contribution < 1.29 is 13.5 Å². The molecule has 0 radical (unpaired) electrons. The fraction of sp³-hybridized carbons (Fsp3) is 0.148. The van der Waals surface area contributed by atoms with Crippen molar-refractivity contribution in [3.8, 4) is 5.75 Å². The van der Waals surface area contributed by atoms with Gasteiger partial charge in [0.25, 0.3) is 0 Å². The van der Waals surface area contributed by atoms with E-state index < -0.39 is 11.6 Å². The van der Waals surface area contributed by atoms with Crippen molar-refractivity contribution in [3.05, 3.63) is 106 Å². The lowest BCUT2D eigenvalue weighted by molar-refractivity contribution is 0.302. The predicted octanol–water partition coefficient (Wildman–Crippen LogP) is 5.55. The number of ether oxygens (including phenoxy) is 1. The van der Waals surface area contributed by atoms with Gasteiger partial charge in [0.2, 0.25) is 0 Å². The van der Waals surface area contributed by atoms with Crippen molar-refractivity contribution in [3.63, 3.8) is 0 Å². The van der Waals surface area contributed by atoms with Crippen LogP contribution in [0, 0.1) is 11.6 Å². The topological polar surface area (TPSA) is 89.5 Å². The molecule has 1 N–H and O–H groups in total. The number of aryl methyl sites for hydroxylation is 1. The zero-order valence-electron chi connectivity index (χ0n) is 19.4. The normalized spacial score (nSPS) is 14.8.